The first-order valence-electron chi connectivity index (χ1n) is 11.1. The molecule has 158 valence electrons. The number of nitrogens with zero attached hydrogens (tertiary/aromatic N) is 2. The van der Waals surface area contributed by atoms with Crippen molar-refractivity contribution in [3.63, 3.8) is 0 Å². The van der Waals surface area contributed by atoms with Crippen molar-refractivity contribution < 1.29 is 19.1 Å². The number of hydrogen-bond acceptors (Lipinski definition) is 4. The third-order valence-corrected chi connectivity index (χ3v) is 6.52. The molecule has 2 aliphatic carbocycles. The number of amides is 3. The van der Waals surface area contributed by atoms with E-state index in [0.717, 1.165) is 38.5 Å². The van der Waals surface area contributed by atoms with E-state index >= 15 is 0 Å². The van der Waals surface area contributed by atoms with Gasteiger partial charge in [-0.05, 0) is 45.4 Å². The van der Waals surface area contributed by atoms with Crippen molar-refractivity contribution in [1.29, 1.82) is 0 Å². The number of ether oxygens (including phenoxy) is 1. The number of rotatable bonds is 4. The standard InChI is InChI=1S/C21H35N3O4/c1-2-28-21(27)24-14-12-23(13-15-24)20(26)17-10-8-16(9-11-17)19(25)22-18-6-4-3-5-7-18/h16-18H,2-15H2,1H3,(H,22,25). The van der Waals surface area contributed by atoms with Gasteiger partial charge in [0.1, 0.15) is 0 Å². The smallest absolute Gasteiger partial charge is 0.409 e. The van der Waals surface area contributed by atoms with Crippen molar-refractivity contribution >= 4 is 17.9 Å². The predicted molar refractivity (Wildman–Crippen MR) is 106 cm³/mol. The van der Waals surface area contributed by atoms with E-state index < -0.39 is 0 Å². The summed E-state index contributed by atoms with van der Waals surface area (Å²) in [5, 5.41) is 3.24. The molecule has 0 aromatic rings. The second-order valence-corrected chi connectivity index (χ2v) is 8.40. The van der Waals surface area contributed by atoms with E-state index in [1.54, 1.807) is 11.8 Å². The van der Waals surface area contributed by atoms with Crippen LogP contribution >= 0.6 is 0 Å². The average molecular weight is 394 g/mol. The van der Waals surface area contributed by atoms with Crippen molar-refractivity contribution in [2.24, 2.45) is 11.8 Å². The summed E-state index contributed by atoms with van der Waals surface area (Å²) in [6.45, 7) is 4.37. The van der Waals surface area contributed by atoms with Gasteiger partial charge in [-0.15, -0.1) is 0 Å². The van der Waals surface area contributed by atoms with Crippen LogP contribution in [0.3, 0.4) is 0 Å². The van der Waals surface area contributed by atoms with Crippen molar-refractivity contribution in [3.8, 4) is 0 Å². The molecule has 1 N–H and O–H groups in total. The summed E-state index contributed by atoms with van der Waals surface area (Å²) in [7, 11) is 0. The van der Waals surface area contributed by atoms with E-state index in [1.807, 2.05) is 4.90 Å². The average Bonchev–Trinajstić information content (AvgIpc) is 2.74. The molecule has 3 fully saturated rings. The van der Waals surface area contributed by atoms with Gasteiger partial charge in [0, 0.05) is 44.1 Å². The Kier molecular flexibility index (Phi) is 7.57. The Morgan fingerprint density at radius 2 is 1.39 bits per heavy atom. The maximum atomic E-state index is 12.8. The lowest BCUT2D eigenvalue weighted by atomic mass is 9.80. The molecule has 7 nitrogen and oxygen atoms in total. The highest BCUT2D eigenvalue weighted by Gasteiger charge is 2.34. The van der Waals surface area contributed by atoms with Crippen LogP contribution in [0.25, 0.3) is 0 Å². The van der Waals surface area contributed by atoms with Crippen LogP contribution in [0.1, 0.15) is 64.7 Å². The Balaban J connectivity index is 1.39. The maximum absolute atomic E-state index is 12.8. The molecular formula is C21H35N3O4. The summed E-state index contributed by atoms with van der Waals surface area (Å²) in [5.41, 5.74) is 0. The van der Waals surface area contributed by atoms with Crippen LogP contribution in [0.4, 0.5) is 4.79 Å². The van der Waals surface area contributed by atoms with E-state index in [4.69, 9.17) is 4.74 Å². The lowest BCUT2D eigenvalue weighted by Crippen LogP contribution is -2.52. The van der Waals surface area contributed by atoms with Crippen molar-refractivity contribution in [2.45, 2.75) is 70.8 Å². The van der Waals surface area contributed by atoms with Crippen LogP contribution in [0, 0.1) is 11.8 Å². The molecule has 28 heavy (non-hydrogen) atoms. The highest BCUT2D eigenvalue weighted by atomic mass is 16.6. The summed E-state index contributed by atoms with van der Waals surface area (Å²) in [5.74, 6) is 0.468. The van der Waals surface area contributed by atoms with Crippen LogP contribution < -0.4 is 5.32 Å². The van der Waals surface area contributed by atoms with Crippen molar-refractivity contribution in [3.05, 3.63) is 0 Å². The molecule has 1 heterocycles. The minimum atomic E-state index is -0.293. The fourth-order valence-corrected chi connectivity index (χ4v) is 4.75. The van der Waals surface area contributed by atoms with E-state index in [-0.39, 0.29) is 29.7 Å². The maximum Gasteiger partial charge on any atom is 0.409 e. The van der Waals surface area contributed by atoms with Crippen LogP contribution in [-0.2, 0) is 14.3 Å². The Hall–Kier alpha value is -1.79. The highest BCUT2D eigenvalue weighted by Crippen LogP contribution is 2.31. The Labute approximate surface area is 168 Å². The fraction of sp³-hybridized carbons (Fsp3) is 0.857. The quantitative estimate of drug-likeness (QED) is 0.796. The van der Waals surface area contributed by atoms with Gasteiger partial charge < -0.3 is 19.9 Å². The summed E-state index contributed by atoms with van der Waals surface area (Å²) in [6.07, 6.45) is 8.83. The summed E-state index contributed by atoms with van der Waals surface area (Å²) >= 11 is 0. The van der Waals surface area contributed by atoms with Gasteiger partial charge in [0.25, 0.3) is 0 Å². The first-order valence-corrected chi connectivity index (χ1v) is 11.1. The van der Waals surface area contributed by atoms with Crippen molar-refractivity contribution in [1.82, 2.24) is 15.1 Å². The monoisotopic (exact) mass is 393 g/mol. The number of carbonyl (C=O) groups is 3. The minimum absolute atomic E-state index is 0.0212. The molecular weight excluding hydrogens is 358 g/mol. The first-order chi connectivity index (χ1) is 13.6. The molecule has 3 rings (SSSR count). The third-order valence-electron chi connectivity index (χ3n) is 6.52. The second kappa shape index (κ2) is 10.1. The van der Waals surface area contributed by atoms with Gasteiger partial charge in [-0.25, -0.2) is 4.79 Å². The lowest BCUT2D eigenvalue weighted by molar-refractivity contribution is -0.140. The third kappa shape index (κ3) is 5.39. The van der Waals surface area contributed by atoms with E-state index in [0.29, 0.717) is 38.8 Å². The zero-order valence-corrected chi connectivity index (χ0v) is 17.2. The normalized spacial score (nSPS) is 26.6. The molecule has 7 heteroatoms. The van der Waals surface area contributed by atoms with Crippen molar-refractivity contribution in [2.75, 3.05) is 32.8 Å². The Morgan fingerprint density at radius 3 is 2.00 bits per heavy atom. The summed E-state index contributed by atoms with van der Waals surface area (Å²) in [6, 6.07) is 0.358. The second-order valence-electron chi connectivity index (χ2n) is 8.40. The molecule has 0 radical (unpaired) electrons. The molecule has 1 aliphatic heterocycles. The van der Waals surface area contributed by atoms with Gasteiger partial charge in [0.15, 0.2) is 0 Å². The zero-order valence-electron chi connectivity index (χ0n) is 17.2. The van der Waals surface area contributed by atoms with Gasteiger partial charge in [-0.1, -0.05) is 19.3 Å². The lowest BCUT2D eigenvalue weighted by Gasteiger charge is -2.37. The molecule has 1 saturated heterocycles. The molecule has 0 atom stereocenters. The molecule has 0 spiro atoms. The van der Waals surface area contributed by atoms with Gasteiger partial charge in [0.05, 0.1) is 6.61 Å². The van der Waals surface area contributed by atoms with E-state index in [9.17, 15) is 14.4 Å². The number of nitrogens with one attached hydrogen (secondary N) is 1. The van der Waals surface area contributed by atoms with Crippen LogP contribution in [0.15, 0.2) is 0 Å². The summed E-state index contributed by atoms with van der Waals surface area (Å²) in [4.78, 5) is 40.7. The first kappa shape index (κ1) is 20.9. The van der Waals surface area contributed by atoms with E-state index in [1.165, 1.54) is 19.3 Å². The SMILES string of the molecule is CCOC(=O)N1CCN(C(=O)C2CCC(C(=O)NC3CCCCC3)CC2)CC1. The van der Waals surface area contributed by atoms with Gasteiger partial charge in [0.2, 0.25) is 11.8 Å². The van der Waals surface area contributed by atoms with Gasteiger partial charge in [-0.3, -0.25) is 9.59 Å². The zero-order chi connectivity index (χ0) is 19.9. The molecule has 0 aromatic heterocycles. The highest BCUT2D eigenvalue weighted by molar-refractivity contribution is 5.81. The molecule has 0 aromatic carbocycles. The molecule has 3 amide bonds. The summed E-state index contributed by atoms with van der Waals surface area (Å²) < 4.78 is 5.03. The predicted octanol–water partition coefficient (Wildman–Crippen LogP) is 2.54. The molecule has 0 bridgehead atoms. The van der Waals surface area contributed by atoms with E-state index in [2.05, 4.69) is 5.32 Å². The number of carbonyl (C=O) groups excluding carboxylic acids is 3. The fourth-order valence-electron chi connectivity index (χ4n) is 4.75. The Morgan fingerprint density at radius 1 is 0.821 bits per heavy atom. The van der Waals surface area contributed by atoms with Crippen LogP contribution in [0.5, 0.6) is 0 Å². The number of piperazine rings is 1. The number of hydrogen-bond donors (Lipinski definition) is 1. The van der Waals surface area contributed by atoms with Crippen LogP contribution in [-0.4, -0.2) is 66.5 Å². The molecule has 3 aliphatic rings. The molecule has 0 unspecified atom stereocenters. The topological polar surface area (TPSA) is 79.0 Å². The van der Waals surface area contributed by atoms with Crippen LogP contribution in [0.2, 0.25) is 0 Å². The van der Waals surface area contributed by atoms with Gasteiger partial charge in [-0.2, -0.15) is 0 Å². The minimum Gasteiger partial charge on any atom is -0.450 e. The van der Waals surface area contributed by atoms with Gasteiger partial charge >= 0.3 is 6.09 Å². The Bertz CT molecular complexity index is 546. The molecule has 2 saturated carbocycles. The largest absolute Gasteiger partial charge is 0.450 e.